The van der Waals surface area contributed by atoms with Crippen LogP contribution < -0.4 is 5.32 Å². The van der Waals surface area contributed by atoms with E-state index in [9.17, 15) is 9.18 Å². The SMILES string of the molecule is Cc1cc(F)ccc1CCNC(=O)C(C)(C)C#N. The second kappa shape index (κ2) is 5.63. The molecule has 1 amide bonds. The summed E-state index contributed by atoms with van der Waals surface area (Å²) in [6.07, 6.45) is 0.624. The Labute approximate surface area is 107 Å². The van der Waals surface area contributed by atoms with E-state index in [-0.39, 0.29) is 11.7 Å². The van der Waals surface area contributed by atoms with Crippen molar-refractivity contribution in [1.29, 1.82) is 5.26 Å². The molecule has 0 aromatic heterocycles. The van der Waals surface area contributed by atoms with Crippen molar-refractivity contribution in [2.45, 2.75) is 27.2 Å². The van der Waals surface area contributed by atoms with Crippen molar-refractivity contribution in [3.8, 4) is 6.07 Å². The quantitative estimate of drug-likeness (QED) is 0.889. The predicted octanol–water partition coefficient (Wildman–Crippen LogP) is 2.34. The molecule has 0 bridgehead atoms. The van der Waals surface area contributed by atoms with Crippen LogP contribution in [0.3, 0.4) is 0 Å². The zero-order chi connectivity index (χ0) is 13.8. The molecule has 0 radical (unpaired) electrons. The van der Waals surface area contributed by atoms with Gasteiger partial charge in [-0.25, -0.2) is 4.39 Å². The molecule has 0 heterocycles. The van der Waals surface area contributed by atoms with Gasteiger partial charge in [0.15, 0.2) is 0 Å². The summed E-state index contributed by atoms with van der Waals surface area (Å²) in [5.74, 6) is -0.546. The number of amides is 1. The minimum atomic E-state index is -1.02. The first-order chi connectivity index (χ1) is 8.36. The van der Waals surface area contributed by atoms with Crippen molar-refractivity contribution < 1.29 is 9.18 Å². The van der Waals surface area contributed by atoms with Crippen LogP contribution >= 0.6 is 0 Å². The van der Waals surface area contributed by atoms with Gasteiger partial charge < -0.3 is 5.32 Å². The van der Waals surface area contributed by atoms with Gasteiger partial charge in [0.25, 0.3) is 0 Å². The molecule has 1 N–H and O–H groups in total. The number of benzene rings is 1. The minimum Gasteiger partial charge on any atom is -0.354 e. The fourth-order valence-electron chi connectivity index (χ4n) is 1.52. The van der Waals surface area contributed by atoms with E-state index in [0.29, 0.717) is 13.0 Å². The standard InChI is InChI=1S/C14H17FN2O/c1-10-8-12(15)5-4-11(10)6-7-17-13(18)14(2,3)9-16/h4-5,8H,6-7H2,1-3H3,(H,17,18). The molecule has 18 heavy (non-hydrogen) atoms. The Balaban J connectivity index is 2.53. The van der Waals surface area contributed by atoms with E-state index in [1.807, 2.05) is 13.0 Å². The summed E-state index contributed by atoms with van der Waals surface area (Å²) in [6, 6.07) is 6.54. The Bertz CT molecular complexity index is 489. The van der Waals surface area contributed by atoms with Gasteiger partial charge in [0.2, 0.25) is 5.91 Å². The highest BCUT2D eigenvalue weighted by Gasteiger charge is 2.26. The lowest BCUT2D eigenvalue weighted by atomic mass is 9.94. The Morgan fingerprint density at radius 1 is 1.50 bits per heavy atom. The predicted molar refractivity (Wildman–Crippen MR) is 67.2 cm³/mol. The third kappa shape index (κ3) is 3.56. The van der Waals surface area contributed by atoms with Crippen molar-refractivity contribution in [2.75, 3.05) is 6.54 Å². The van der Waals surface area contributed by atoms with Gasteiger partial charge in [-0.1, -0.05) is 6.07 Å². The van der Waals surface area contributed by atoms with Crippen LogP contribution in [-0.2, 0) is 11.2 Å². The van der Waals surface area contributed by atoms with Gasteiger partial charge in [-0.3, -0.25) is 4.79 Å². The third-order valence-corrected chi connectivity index (χ3v) is 2.83. The number of hydrogen-bond acceptors (Lipinski definition) is 2. The molecule has 0 aliphatic rings. The molecule has 4 heteroatoms. The molecule has 0 fully saturated rings. The number of carbonyl (C=O) groups excluding carboxylic acids is 1. The number of nitriles is 1. The largest absolute Gasteiger partial charge is 0.354 e. The first-order valence-electron chi connectivity index (χ1n) is 5.81. The van der Waals surface area contributed by atoms with Gasteiger partial charge in [-0.2, -0.15) is 5.26 Å². The van der Waals surface area contributed by atoms with E-state index >= 15 is 0 Å². The van der Waals surface area contributed by atoms with Crippen LogP contribution in [0.2, 0.25) is 0 Å². The molecular formula is C14H17FN2O. The second-order valence-electron chi connectivity index (χ2n) is 4.81. The molecule has 0 spiro atoms. The number of aryl methyl sites for hydroxylation is 1. The molecule has 96 valence electrons. The molecule has 1 rings (SSSR count). The Hall–Kier alpha value is -1.89. The molecule has 0 atom stereocenters. The lowest BCUT2D eigenvalue weighted by Gasteiger charge is -2.15. The van der Waals surface area contributed by atoms with Gasteiger partial charge in [-0.15, -0.1) is 0 Å². The molecule has 0 saturated carbocycles. The van der Waals surface area contributed by atoms with Crippen LogP contribution in [0.4, 0.5) is 4.39 Å². The van der Waals surface area contributed by atoms with Crippen molar-refractivity contribution in [2.24, 2.45) is 5.41 Å². The Morgan fingerprint density at radius 3 is 2.72 bits per heavy atom. The van der Waals surface area contributed by atoms with Crippen LogP contribution in [0.5, 0.6) is 0 Å². The van der Waals surface area contributed by atoms with Crippen molar-refractivity contribution in [3.63, 3.8) is 0 Å². The van der Waals surface area contributed by atoms with Crippen molar-refractivity contribution in [3.05, 3.63) is 35.1 Å². The third-order valence-electron chi connectivity index (χ3n) is 2.83. The summed E-state index contributed by atoms with van der Waals surface area (Å²) in [6.45, 7) is 5.42. The maximum Gasteiger partial charge on any atom is 0.239 e. The summed E-state index contributed by atoms with van der Waals surface area (Å²) < 4.78 is 12.9. The van der Waals surface area contributed by atoms with Crippen molar-refractivity contribution in [1.82, 2.24) is 5.32 Å². The van der Waals surface area contributed by atoms with Gasteiger partial charge in [-0.05, 0) is 50.5 Å². The number of carbonyl (C=O) groups is 1. The first-order valence-corrected chi connectivity index (χ1v) is 5.81. The summed E-state index contributed by atoms with van der Waals surface area (Å²) in [7, 11) is 0. The Morgan fingerprint density at radius 2 is 2.17 bits per heavy atom. The summed E-state index contributed by atoms with van der Waals surface area (Å²) in [4.78, 5) is 11.6. The van der Waals surface area contributed by atoms with E-state index < -0.39 is 5.41 Å². The molecule has 0 saturated heterocycles. The molecule has 1 aromatic carbocycles. The van der Waals surface area contributed by atoms with Crippen LogP contribution in [-0.4, -0.2) is 12.5 Å². The fourth-order valence-corrected chi connectivity index (χ4v) is 1.52. The van der Waals surface area contributed by atoms with Gasteiger partial charge >= 0.3 is 0 Å². The van der Waals surface area contributed by atoms with Crippen LogP contribution in [0.25, 0.3) is 0 Å². The maximum atomic E-state index is 12.9. The van der Waals surface area contributed by atoms with Gasteiger partial charge in [0.1, 0.15) is 11.2 Å². The molecule has 0 unspecified atom stereocenters. The zero-order valence-electron chi connectivity index (χ0n) is 10.9. The van der Waals surface area contributed by atoms with E-state index in [0.717, 1.165) is 11.1 Å². The maximum absolute atomic E-state index is 12.9. The molecule has 3 nitrogen and oxygen atoms in total. The smallest absolute Gasteiger partial charge is 0.239 e. The molecular weight excluding hydrogens is 231 g/mol. The number of hydrogen-bond donors (Lipinski definition) is 1. The Kier molecular flexibility index (Phi) is 4.43. The molecule has 1 aromatic rings. The highest BCUT2D eigenvalue weighted by atomic mass is 19.1. The topological polar surface area (TPSA) is 52.9 Å². The summed E-state index contributed by atoms with van der Waals surface area (Å²) in [5.41, 5.74) is 0.841. The lowest BCUT2D eigenvalue weighted by molar-refractivity contribution is -0.126. The normalized spacial score (nSPS) is 10.8. The van der Waals surface area contributed by atoms with E-state index in [2.05, 4.69) is 5.32 Å². The number of halogens is 1. The van der Waals surface area contributed by atoms with E-state index in [1.54, 1.807) is 19.9 Å². The first kappa shape index (κ1) is 14.2. The average Bonchev–Trinajstić information content (AvgIpc) is 2.31. The molecule has 0 aliphatic heterocycles. The second-order valence-corrected chi connectivity index (χ2v) is 4.81. The molecule has 0 aliphatic carbocycles. The van der Waals surface area contributed by atoms with Crippen molar-refractivity contribution >= 4 is 5.91 Å². The van der Waals surface area contributed by atoms with Crippen LogP contribution in [0.1, 0.15) is 25.0 Å². The number of rotatable bonds is 4. The highest BCUT2D eigenvalue weighted by Crippen LogP contribution is 2.13. The van der Waals surface area contributed by atoms with Crippen LogP contribution in [0.15, 0.2) is 18.2 Å². The monoisotopic (exact) mass is 248 g/mol. The van der Waals surface area contributed by atoms with E-state index in [4.69, 9.17) is 5.26 Å². The average molecular weight is 248 g/mol. The lowest BCUT2D eigenvalue weighted by Crippen LogP contribution is -2.37. The summed E-state index contributed by atoms with van der Waals surface area (Å²) in [5, 5.41) is 11.5. The minimum absolute atomic E-state index is 0.258. The number of nitrogens with zero attached hydrogens (tertiary/aromatic N) is 1. The summed E-state index contributed by atoms with van der Waals surface area (Å²) >= 11 is 0. The zero-order valence-corrected chi connectivity index (χ0v) is 10.9. The highest BCUT2D eigenvalue weighted by molar-refractivity contribution is 5.84. The van der Waals surface area contributed by atoms with E-state index in [1.165, 1.54) is 12.1 Å². The number of nitrogens with one attached hydrogen (secondary N) is 1. The van der Waals surface area contributed by atoms with Crippen LogP contribution in [0, 0.1) is 29.5 Å². The fraction of sp³-hybridized carbons (Fsp3) is 0.429. The van der Waals surface area contributed by atoms with Gasteiger partial charge in [0.05, 0.1) is 6.07 Å². The van der Waals surface area contributed by atoms with Gasteiger partial charge in [0, 0.05) is 6.54 Å².